The molecule has 0 saturated carbocycles. The molecule has 1 atom stereocenters. The van der Waals surface area contributed by atoms with E-state index in [0.29, 0.717) is 17.9 Å². The van der Waals surface area contributed by atoms with Gasteiger partial charge in [-0.05, 0) is 55.8 Å². The van der Waals surface area contributed by atoms with Gasteiger partial charge in [0.1, 0.15) is 11.8 Å². The van der Waals surface area contributed by atoms with Crippen LogP contribution in [0.3, 0.4) is 0 Å². The smallest absolute Gasteiger partial charge is 0.331 e. The van der Waals surface area contributed by atoms with Crippen LogP contribution in [-0.2, 0) is 14.3 Å². The first-order valence-corrected chi connectivity index (χ1v) is 8.92. The van der Waals surface area contributed by atoms with Gasteiger partial charge >= 0.3 is 5.97 Å². The van der Waals surface area contributed by atoms with E-state index in [4.69, 9.17) is 26.3 Å². The standard InChI is InChI=1S/C21H19ClN2O4/c1-3-27-18-9-4-15(5-10-18)6-11-20(25)28-14(2)21(26)24-17-8-7-16(13-23)19(22)12-17/h4-12,14H,3H2,1-2H3,(H,24,26)/b11-6+/t14-/m1/s1. The summed E-state index contributed by atoms with van der Waals surface area (Å²) in [5.74, 6) is -0.409. The fourth-order valence-corrected chi connectivity index (χ4v) is 2.42. The molecule has 0 fully saturated rings. The van der Waals surface area contributed by atoms with E-state index in [9.17, 15) is 9.59 Å². The second kappa shape index (κ2) is 10.1. The average molecular weight is 399 g/mol. The lowest BCUT2D eigenvalue weighted by Gasteiger charge is -2.12. The molecule has 1 amide bonds. The van der Waals surface area contributed by atoms with Gasteiger partial charge in [0, 0.05) is 11.8 Å². The predicted molar refractivity (Wildman–Crippen MR) is 107 cm³/mol. The number of ether oxygens (including phenoxy) is 2. The fraction of sp³-hybridized carbons (Fsp3) is 0.190. The predicted octanol–water partition coefficient (Wildman–Crippen LogP) is 4.19. The van der Waals surface area contributed by atoms with Crippen molar-refractivity contribution < 1.29 is 19.1 Å². The molecule has 0 radical (unpaired) electrons. The molecular formula is C21H19ClN2O4. The normalized spacial score (nSPS) is 11.5. The van der Waals surface area contributed by atoms with E-state index in [2.05, 4.69) is 5.32 Å². The van der Waals surface area contributed by atoms with Crippen molar-refractivity contribution in [2.45, 2.75) is 20.0 Å². The van der Waals surface area contributed by atoms with Crippen molar-refractivity contribution in [3.63, 3.8) is 0 Å². The number of rotatable bonds is 7. The van der Waals surface area contributed by atoms with Crippen molar-refractivity contribution in [3.05, 3.63) is 64.7 Å². The Morgan fingerprint density at radius 3 is 2.57 bits per heavy atom. The molecule has 28 heavy (non-hydrogen) atoms. The van der Waals surface area contributed by atoms with Gasteiger partial charge in [-0.2, -0.15) is 5.26 Å². The van der Waals surface area contributed by atoms with Crippen LogP contribution in [0.5, 0.6) is 5.75 Å². The Kier molecular flexibility index (Phi) is 7.61. The lowest BCUT2D eigenvalue weighted by Crippen LogP contribution is -2.29. The largest absolute Gasteiger partial charge is 0.494 e. The zero-order valence-electron chi connectivity index (χ0n) is 15.4. The van der Waals surface area contributed by atoms with Crippen LogP contribution in [0.25, 0.3) is 6.08 Å². The average Bonchev–Trinajstić information content (AvgIpc) is 2.68. The third kappa shape index (κ3) is 6.15. The maximum Gasteiger partial charge on any atom is 0.331 e. The molecule has 0 aromatic heterocycles. The van der Waals surface area contributed by atoms with E-state index in [1.807, 2.05) is 13.0 Å². The summed E-state index contributed by atoms with van der Waals surface area (Å²) in [4.78, 5) is 24.1. The minimum atomic E-state index is -1.01. The Morgan fingerprint density at radius 1 is 1.25 bits per heavy atom. The van der Waals surface area contributed by atoms with E-state index in [1.165, 1.54) is 25.1 Å². The highest BCUT2D eigenvalue weighted by molar-refractivity contribution is 6.32. The molecule has 1 N–H and O–H groups in total. The molecule has 144 valence electrons. The summed E-state index contributed by atoms with van der Waals surface area (Å²) in [5, 5.41) is 11.7. The number of carbonyl (C=O) groups excluding carboxylic acids is 2. The van der Waals surface area contributed by atoms with E-state index in [-0.39, 0.29) is 5.02 Å². The summed E-state index contributed by atoms with van der Waals surface area (Å²) in [6.45, 7) is 3.94. The molecule has 2 aromatic carbocycles. The highest BCUT2D eigenvalue weighted by atomic mass is 35.5. The van der Waals surface area contributed by atoms with Crippen molar-refractivity contribution in [1.82, 2.24) is 0 Å². The first-order valence-electron chi connectivity index (χ1n) is 8.55. The number of nitriles is 1. The van der Waals surface area contributed by atoms with Crippen LogP contribution in [0.1, 0.15) is 25.0 Å². The van der Waals surface area contributed by atoms with Crippen molar-refractivity contribution in [2.24, 2.45) is 0 Å². The van der Waals surface area contributed by atoms with Crippen molar-refractivity contribution in [3.8, 4) is 11.8 Å². The first-order chi connectivity index (χ1) is 13.4. The zero-order chi connectivity index (χ0) is 20.5. The number of anilines is 1. The van der Waals surface area contributed by atoms with Gasteiger partial charge in [-0.15, -0.1) is 0 Å². The third-order valence-electron chi connectivity index (χ3n) is 3.62. The molecule has 0 saturated heterocycles. The molecule has 0 aliphatic rings. The van der Waals surface area contributed by atoms with Gasteiger partial charge in [-0.1, -0.05) is 23.7 Å². The maximum absolute atomic E-state index is 12.2. The maximum atomic E-state index is 12.2. The molecule has 2 rings (SSSR count). The summed E-state index contributed by atoms with van der Waals surface area (Å²) in [7, 11) is 0. The molecule has 6 nitrogen and oxygen atoms in total. The van der Waals surface area contributed by atoms with E-state index in [1.54, 1.807) is 36.4 Å². The molecule has 0 heterocycles. The number of benzene rings is 2. The third-order valence-corrected chi connectivity index (χ3v) is 3.93. The SMILES string of the molecule is CCOc1ccc(/C=C/C(=O)O[C@H](C)C(=O)Nc2ccc(C#N)c(Cl)c2)cc1. The Hall–Kier alpha value is -3.30. The molecule has 0 spiro atoms. The van der Waals surface area contributed by atoms with Crippen molar-refractivity contribution in [2.75, 3.05) is 11.9 Å². The van der Waals surface area contributed by atoms with Crippen LogP contribution in [0.2, 0.25) is 5.02 Å². The molecule has 7 heteroatoms. The summed E-state index contributed by atoms with van der Waals surface area (Å²) < 4.78 is 10.4. The van der Waals surface area contributed by atoms with Gasteiger partial charge in [-0.3, -0.25) is 4.79 Å². The number of nitrogens with one attached hydrogen (secondary N) is 1. The highest BCUT2D eigenvalue weighted by Gasteiger charge is 2.17. The Labute approximate surface area is 168 Å². The molecule has 0 aliphatic carbocycles. The molecule has 0 unspecified atom stereocenters. The van der Waals surface area contributed by atoms with E-state index >= 15 is 0 Å². The topological polar surface area (TPSA) is 88.4 Å². The number of halogens is 1. The van der Waals surface area contributed by atoms with Gasteiger partial charge in [0.25, 0.3) is 5.91 Å². The van der Waals surface area contributed by atoms with Crippen LogP contribution in [-0.4, -0.2) is 24.6 Å². The molecular weight excluding hydrogens is 380 g/mol. The summed E-state index contributed by atoms with van der Waals surface area (Å²) in [5.41, 5.74) is 1.50. The van der Waals surface area contributed by atoms with Crippen molar-refractivity contribution >= 4 is 35.2 Å². The number of carbonyl (C=O) groups is 2. The monoisotopic (exact) mass is 398 g/mol. The number of esters is 1. The van der Waals surface area contributed by atoms with Crippen LogP contribution in [0, 0.1) is 11.3 Å². The minimum absolute atomic E-state index is 0.225. The van der Waals surface area contributed by atoms with E-state index < -0.39 is 18.0 Å². The molecule has 2 aromatic rings. The lowest BCUT2D eigenvalue weighted by molar-refractivity contribution is -0.148. The summed E-state index contributed by atoms with van der Waals surface area (Å²) in [6.07, 6.45) is 1.83. The molecule has 0 aliphatic heterocycles. The quantitative estimate of drug-likeness (QED) is 0.558. The highest BCUT2D eigenvalue weighted by Crippen LogP contribution is 2.20. The van der Waals surface area contributed by atoms with Gasteiger partial charge in [0.05, 0.1) is 17.2 Å². The number of hydrogen-bond donors (Lipinski definition) is 1. The Bertz CT molecular complexity index is 917. The van der Waals surface area contributed by atoms with Gasteiger partial charge in [0.2, 0.25) is 0 Å². The van der Waals surface area contributed by atoms with Crippen LogP contribution in [0.15, 0.2) is 48.5 Å². The number of amides is 1. The van der Waals surface area contributed by atoms with Crippen molar-refractivity contribution in [1.29, 1.82) is 5.26 Å². The Balaban J connectivity index is 1.89. The van der Waals surface area contributed by atoms with Crippen LogP contribution < -0.4 is 10.1 Å². The van der Waals surface area contributed by atoms with Crippen LogP contribution >= 0.6 is 11.6 Å². The zero-order valence-corrected chi connectivity index (χ0v) is 16.2. The first kappa shape index (κ1) is 21.0. The van der Waals surface area contributed by atoms with Gasteiger partial charge in [0.15, 0.2) is 6.10 Å². The molecule has 0 bridgehead atoms. The number of nitrogens with zero attached hydrogens (tertiary/aromatic N) is 1. The summed E-state index contributed by atoms with van der Waals surface area (Å²) >= 11 is 5.93. The second-order valence-electron chi connectivity index (χ2n) is 5.71. The minimum Gasteiger partial charge on any atom is -0.494 e. The second-order valence-corrected chi connectivity index (χ2v) is 6.12. The van der Waals surface area contributed by atoms with Gasteiger partial charge < -0.3 is 14.8 Å². The Morgan fingerprint density at radius 2 is 1.96 bits per heavy atom. The lowest BCUT2D eigenvalue weighted by atomic mass is 10.2. The van der Waals surface area contributed by atoms with Crippen LogP contribution in [0.4, 0.5) is 5.69 Å². The van der Waals surface area contributed by atoms with E-state index in [0.717, 1.165) is 11.3 Å². The van der Waals surface area contributed by atoms with Gasteiger partial charge in [-0.25, -0.2) is 4.79 Å². The fourth-order valence-electron chi connectivity index (χ4n) is 2.20. The number of hydrogen-bond acceptors (Lipinski definition) is 5. The summed E-state index contributed by atoms with van der Waals surface area (Å²) in [6, 6.07) is 13.6.